The molecule has 1 atom stereocenters. The summed E-state index contributed by atoms with van der Waals surface area (Å²) < 4.78 is 10.7. The van der Waals surface area contributed by atoms with Gasteiger partial charge >= 0.3 is 0 Å². The number of likely N-dealkylation sites (N-methyl/N-ethyl adjacent to an activating group) is 1. The van der Waals surface area contributed by atoms with Crippen LogP contribution in [-0.4, -0.2) is 48.8 Å². The fraction of sp³-hybridized carbons (Fsp3) is 0.412. The molecule has 2 aliphatic rings. The molecule has 1 unspecified atom stereocenters. The Morgan fingerprint density at radius 2 is 2.20 bits per heavy atom. The minimum atomic E-state index is 0. The number of hydrogen-bond donors (Lipinski definition) is 1. The number of rotatable bonds is 3. The number of nitrogens with one attached hydrogen (secondary N) is 1. The van der Waals surface area contributed by atoms with Crippen LogP contribution >= 0.6 is 23.7 Å². The van der Waals surface area contributed by atoms with Gasteiger partial charge in [0, 0.05) is 24.7 Å². The number of benzene rings is 1. The number of carbonyl (C=O) groups is 1. The Balaban J connectivity index is 0.00000182. The zero-order valence-electron chi connectivity index (χ0n) is 13.9. The van der Waals surface area contributed by atoms with Crippen LogP contribution in [0.15, 0.2) is 24.4 Å². The summed E-state index contributed by atoms with van der Waals surface area (Å²) in [5, 5.41) is 4.08. The van der Waals surface area contributed by atoms with E-state index >= 15 is 0 Å². The van der Waals surface area contributed by atoms with Crippen LogP contribution in [0.2, 0.25) is 0 Å². The smallest absolute Gasteiger partial charge is 0.265 e. The number of piperidine rings is 1. The maximum atomic E-state index is 12.7. The number of aromatic nitrogens is 1. The van der Waals surface area contributed by atoms with Gasteiger partial charge in [-0.15, -0.1) is 23.7 Å². The summed E-state index contributed by atoms with van der Waals surface area (Å²) in [5.74, 6) is 1.54. The van der Waals surface area contributed by atoms with Crippen molar-refractivity contribution in [3.63, 3.8) is 0 Å². The van der Waals surface area contributed by atoms with Gasteiger partial charge in [0.1, 0.15) is 9.88 Å². The molecule has 1 saturated heterocycles. The molecule has 1 aromatic carbocycles. The summed E-state index contributed by atoms with van der Waals surface area (Å²) in [6, 6.07) is 6.11. The van der Waals surface area contributed by atoms with Crippen molar-refractivity contribution in [2.45, 2.75) is 18.9 Å². The molecular weight excluding hydrogens is 362 g/mol. The topological polar surface area (TPSA) is 63.7 Å². The average Bonchev–Trinajstić information content (AvgIpc) is 3.29. The minimum absolute atomic E-state index is 0. The Kier molecular flexibility index (Phi) is 5.46. The molecule has 4 rings (SSSR count). The van der Waals surface area contributed by atoms with E-state index in [4.69, 9.17) is 9.47 Å². The Hall–Kier alpha value is -1.83. The number of thiazole rings is 1. The highest BCUT2D eigenvalue weighted by Gasteiger charge is 2.25. The molecule has 2 aliphatic heterocycles. The van der Waals surface area contributed by atoms with Gasteiger partial charge in [-0.3, -0.25) is 4.79 Å². The molecule has 0 aliphatic carbocycles. The van der Waals surface area contributed by atoms with Crippen molar-refractivity contribution >= 4 is 29.7 Å². The molecule has 0 saturated carbocycles. The molecular formula is C17H20ClN3O3S. The van der Waals surface area contributed by atoms with Crippen LogP contribution in [0.3, 0.4) is 0 Å². The van der Waals surface area contributed by atoms with Crippen molar-refractivity contribution in [3.05, 3.63) is 29.3 Å². The second kappa shape index (κ2) is 7.59. The number of amides is 1. The predicted octanol–water partition coefficient (Wildman–Crippen LogP) is 2.78. The third-order valence-corrected chi connectivity index (χ3v) is 5.49. The van der Waals surface area contributed by atoms with Crippen LogP contribution in [0.5, 0.6) is 11.5 Å². The monoisotopic (exact) mass is 381 g/mol. The maximum absolute atomic E-state index is 12.7. The minimum Gasteiger partial charge on any atom is -0.454 e. The highest BCUT2D eigenvalue weighted by atomic mass is 35.5. The summed E-state index contributed by atoms with van der Waals surface area (Å²) >= 11 is 1.42. The van der Waals surface area contributed by atoms with Crippen LogP contribution in [0, 0.1) is 0 Å². The van der Waals surface area contributed by atoms with Gasteiger partial charge in [-0.2, -0.15) is 0 Å². The normalized spacial score (nSPS) is 18.8. The summed E-state index contributed by atoms with van der Waals surface area (Å²) in [4.78, 5) is 19.7. The number of halogens is 1. The van der Waals surface area contributed by atoms with Crippen LogP contribution in [-0.2, 0) is 0 Å². The summed E-state index contributed by atoms with van der Waals surface area (Å²) in [5.41, 5.74) is 0.940. The Morgan fingerprint density at radius 1 is 1.36 bits per heavy atom. The van der Waals surface area contributed by atoms with E-state index in [0.29, 0.717) is 10.9 Å². The van der Waals surface area contributed by atoms with E-state index in [2.05, 4.69) is 10.3 Å². The van der Waals surface area contributed by atoms with Crippen molar-refractivity contribution in [2.24, 2.45) is 0 Å². The molecule has 2 aromatic rings. The second-order valence-electron chi connectivity index (χ2n) is 5.98. The third-order valence-electron chi connectivity index (χ3n) is 4.45. The number of fused-ring (bicyclic) bond motifs is 1. The third kappa shape index (κ3) is 3.58. The lowest BCUT2D eigenvalue weighted by Gasteiger charge is -2.32. The standard InChI is InChI=1S/C17H19N3O3S.ClH/c1-18-12-3-2-6-20(9-12)17(21)15-8-19-16(24-15)11-4-5-13-14(7-11)23-10-22-13;/h4-5,7-8,12,18H,2-3,6,9-10H2,1H3;1H. The summed E-state index contributed by atoms with van der Waals surface area (Å²) in [7, 11) is 1.95. The molecule has 1 aromatic heterocycles. The first kappa shape index (κ1) is 18.0. The van der Waals surface area contributed by atoms with Crippen molar-refractivity contribution in [1.29, 1.82) is 0 Å². The van der Waals surface area contributed by atoms with Gasteiger partial charge in [0.2, 0.25) is 6.79 Å². The fourth-order valence-electron chi connectivity index (χ4n) is 3.09. The second-order valence-corrected chi connectivity index (χ2v) is 7.01. The van der Waals surface area contributed by atoms with Gasteiger partial charge in [-0.25, -0.2) is 4.98 Å². The first-order valence-corrected chi connectivity index (χ1v) is 8.88. The van der Waals surface area contributed by atoms with Crippen LogP contribution in [0.25, 0.3) is 10.6 Å². The molecule has 1 fully saturated rings. The molecule has 134 valence electrons. The van der Waals surface area contributed by atoms with E-state index in [1.165, 1.54) is 11.3 Å². The lowest BCUT2D eigenvalue weighted by atomic mass is 10.1. The highest BCUT2D eigenvalue weighted by Crippen LogP contribution is 2.37. The van der Waals surface area contributed by atoms with E-state index in [1.54, 1.807) is 6.20 Å². The zero-order valence-corrected chi connectivity index (χ0v) is 15.5. The average molecular weight is 382 g/mol. The van der Waals surface area contributed by atoms with Gasteiger partial charge < -0.3 is 19.7 Å². The van der Waals surface area contributed by atoms with E-state index in [1.807, 2.05) is 30.1 Å². The quantitative estimate of drug-likeness (QED) is 0.885. The van der Waals surface area contributed by atoms with Gasteiger partial charge in [0.25, 0.3) is 5.91 Å². The summed E-state index contributed by atoms with van der Waals surface area (Å²) in [6.07, 6.45) is 3.83. The molecule has 25 heavy (non-hydrogen) atoms. The van der Waals surface area contributed by atoms with Crippen molar-refractivity contribution < 1.29 is 14.3 Å². The van der Waals surface area contributed by atoms with Gasteiger partial charge in [0.05, 0.1) is 6.20 Å². The lowest BCUT2D eigenvalue weighted by Crippen LogP contribution is -2.46. The largest absolute Gasteiger partial charge is 0.454 e. The zero-order chi connectivity index (χ0) is 16.5. The molecule has 3 heterocycles. The van der Waals surface area contributed by atoms with E-state index in [9.17, 15) is 4.79 Å². The van der Waals surface area contributed by atoms with Crippen molar-refractivity contribution in [3.8, 4) is 22.1 Å². The van der Waals surface area contributed by atoms with E-state index in [-0.39, 0.29) is 25.1 Å². The van der Waals surface area contributed by atoms with Crippen molar-refractivity contribution in [2.75, 3.05) is 26.9 Å². The number of carbonyl (C=O) groups excluding carboxylic acids is 1. The first-order valence-electron chi connectivity index (χ1n) is 8.07. The lowest BCUT2D eigenvalue weighted by molar-refractivity contribution is 0.0703. The highest BCUT2D eigenvalue weighted by molar-refractivity contribution is 7.16. The maximum Gasteiger partial charge on any atom is 0.265 e. The predicted molar refractivity (Wildman–Crippen MR) is 98.9 cm³/mol. The summed E-state index contributed by atoms with van der Waals surface area (Å²) in [6.45, 7) is 1.82. The SMILES string of the molecule is CNC1CCCN(C(=O)c2cnc(-c3ccc4c(c3)OCO4)s2)C1.Cl. The Labute approximate surface area is 156 Å². The molecule has 6 nitrogen and oxygen atoms in total. The molecule has 1 amide bonds. The molecule has 8 heteroatoms. The van der Waals surface area contributed by atoms with E-state index in [0.717, 1.165) is 48.0 Å². The van der Waals surface area contributed by atoms with E-state index < -0.39 is 0 Å². The van der Waals surface area contributed by atoms with Gasteiger partial charge in [0.15, 0.2) is 11.5 Å². The number of likely N-dealkylation sites (tertiary alicyclic amines) is 1. The number of ether oxygens (including phenoxy) is 2. The Morgan fingerprint density at radius 3 is 3.04 bits per heavy atom. The molecule has 0 spiro atoms. The fourth-order valence-corrected chi connectivity index (χ4v) is 3.97. The van der Waals surface area contributed by atoms with Gasteiger partial charge in [-0.1, -0.05) is 0 Å². The van der Waals surface area contributed by atoms with Crippen LogP contribution in [0.4, 0.5) is 0 Å². The van der Waals surface area contributed by atoms with Crippen LogP contribution < -0.4 is 14.8 Å². The molecule has 0 bridgehead atoms. The first-order chi connectivity index (χ1) is 11.7. The molecule has 1 N–H and O–H groups in total. The van der Waals surface area contributed by atoms with Crippen molar-refractivity contribution in [1.82, 2.24) is 15.2 Å². The Bertz CT molecular complexity index is 767. The number of hydrogen-bond acceptors (Lipinski definition) is 6. The van der Waals surface area contributed by atoms with Gasteiger partial charge in [-0.05, 0) is 38.1 Å². The van der Waals surface area contributed by atoms with Crippen LogP contribution in [0.1, 0.15) is 22.5 Å². The number of nitrogens with zero attached hydrogens (tertiary/aromatic N) is 2. The molecule has 0 radical (unpaired) electrons.